The first-order chi connectivity index (χ1) is 17.0. The van der Waals surface area contributed by atoms with Crippen molar-refractivity contribution in [2.24, 2.45) is 4.99 Å². The summed E-state index contributed by atoms with van der Waals surface area (Å²) in [6.45, 7) is 1.94. The van der Waals surface area contributed by atoms with Gasteiger partial charge >= 0.3 is 0 Å². The van der Waals surface area contributed by atoms with Crippen molar-refractivity contribution in [3.63, 3.8) is 0 Å². The molecule has 0 N–H and O–H groups in total. The van der Waals surface area contributed by atoms with Gasteiger partial charge in [0.15, 0.2) is 4.80 Å². The highest BCUT2D eigenvalue weighted by molar-refractivity contribution is 7.89. The van der Waals surface area contributed by atoms with Gasteiger partial charge in [0.2, 0.25) is 10.0 Å². The molecule has 1 aliphatic rings. The number of benzene rings is 3. The van der Waals surface area contributed by atoms with Crippen LogP contribution in [0.1, 0.15) is 5.56 Å². The quantitative estimate of drug-likeness (QED) is 0.380. The third-order valence-electron chi connectivity index (χ3n) is 5.77. The fourth-order valence-electron chi connectivity index (χ4n) is 3.94. The van der Waals surface area contributed by atoms with Crippen LogP contribution in [0.5, 0.6) is 0 Å². The number of halogens is 1. The fraction of sp³-hybridized carbons (Fsp3) is 0.192. The first-order valence-corrected chi connectivity index (χ1v) is 13.5. The minimum absolute atomic E-state index is 0.248. The molecule has 0 amide bonds. The van der Waals surface area contributed by atoms with Crippen molar-refractivity contribution in [3.8, 4) is 11.3 Å². The molecule has 2 heterocycles. The summed E-state index contributed by atoms with van der Waals surface area (Å²) in [6, 6.07) is 23.0. The van der Waals surface area contributed by atoms with E-state index < -0.39 is 10.0 Å². The van der Waals surface area contributed by atoms with Crippen molar-refractivity contribution in [1.29, 1.82) is 0 Å². The molecule has 6 nitrogen and oxygen atoms in total. The van der Waals surface area contributed by atoms with Gasteiger partial charge in [-0.1, -0.05) is 42.5 Å². The van der Waals surface area contributed by atoms with Gasteiger partial charge in [0.25, 0.3) is 0 Å². The van der Waals surface area contributed by atoms with Crippen LogP contribution in [0.25, 0.3) is 11.3 Å². The van der Waals surface area contributed by atoms with Gasteiger partial charge in [-0.05, 0) is 42.0 Å². The molecule has 180 valence electrons. The molecule has 1 fully saturated rings. The van der Waals surface area contributed by atoms with E-state index in [1.54, 1.807) is 30.3 Å². The molecule has 0 atom stereocenters. The number of ether oxygens (including phenoxy) is 1. The van der Waals surface area contributed by atoms with Gasteiger partial charge in [0.1, 0.15) is 5.82 Å². The van der Waals surface area contributed by atoms with E-state index >= 15 is 0 Å². The Morgan fingerprint density at radius 3 is 2.43 bits per heavy atom. The van der Waals surface area contributed by atoms with Crippen molar-refractivity contribution >= 4 is 27.0 Å². The summed E-state index contributed by atoms with van der Waals surface area (Å²) in [6.07, 6.45) is 0. The van der Waals surface area contributed by atoms with Crippen LogP contribution in [0.3, 0.4) is 0 Å². The van der Waals surface area contributed by atoms with Crippen LogP contribution in [0, 0.1) is 5.82 Å². The van der Waals surface area contributed by atoms with Crippen molar-refractivity contribution < 1.29 is 17.5 Å². The Labute approximate surface area is 207 Å². The molecule has 9 heteroatoms. The summed E-state index contributed by atoms with van der Waals surface area (Å²) >= 11 is 1.48. The highest BCUT2D eigenvalue weighted by Gasteiger charge is 2.26. The standard InChI is InChI=1S/C26H24FN3O3S2/c27-22-11-9-20(10-12-22)18-30-25(19-34-26(30)28-23-6-2-1-3-7-23)21-5-4-8-24(17-21)35(31,32)29-13-15-33-16-14-29/h1-12,17,19H,13-16,18H2. The van der Waals surface area contributed by atoms with Crippen molar-refractivity contribution in [1.82, 2.24) is 8.87 Å². The highest BCUT2D eigenvalue weighted by atomic mass is 32.2. The molecule has 1 saturated heterocycles. The second kappa shape index (κ2) is 10.2. The molecule has 0 aliphatic carbocycles. The summed E-state index contributed by atoms with van der Waals surface area (Å²) in [5.41, 5.74) is 3.34. The number of hydrogen-bond acceptors (Lipinski definition) is 5. The lowest BCUT2D eigenvalue weighted by Crippen LogP contribution is -2.40. The maximum absolute atomic E-state index is 13.5. The number of morpholine rings is 1. The van der Waals surface area contributed by atoms with Crippen LogP contribution in [0.15, 0.2) is 94.1 Å². The van der Waals surface area contributed by atoms with Gasteiger partial charge in [-0.2, -0.15) is 4.31 Å². The number of sulfonamides is 1. The Hall–Kier alpha value is -3.11. The van der Waals surface area contributed by atoms with Gasteiger partial charge in [0, 0.05) is 24.0 Å². The third-order valence-corrected chi connectivity index (χ3v) is 8.53. The molecule has 0 spiro atoms. The Morgan fingerprint density at radius 1 is 0.943 bits per heavy atom. The number of hydrogen-bond donors (Lipinski definition) is 0. The molecule has 3 aromatic carbocycles. The lowest BCUT2D eigenvalue weighted by atomic mass is 10.1. The highest BCUT2D eigenvalue weighted by Crippen LogP contribution is 2.26. The predicted octanol–water partition coefficient (Wildman–Crippen LogP) is 4.66. The lowest BCUT2D eigenvalue weighted by molar-refractivity contribution is 0.0730. The van der Waals surface area contributed by atoms with Crippen molar-refractivity contribution in [3.05, 3.63) is 100 Å². The molecule has 5 rings (SSSR count). The molecular weight excluding hydrogens is 485 g/mol. The largest absolute Gasteiger partial charge is 0.379 e. The average Bonchev–Trinajstić information content (AvgIpc) is 3.28. The van der Waals surface area contributed by atoms with Gasteiger partial charge in [-0.3, -0.25) is 0 Å². The number of nitrogens with zero attached hydrogens (tertiary/aromatic N) is 3. The first kappa shape index (κ1) is 23.6. The van der Waals surface area contributed by atoms with E-state index in [0.717, 1.165) is 27.3 Å². The minimum atomic E-state index is -3.63. The molecule has 4 aromatic rings. The van der Waals surface area contributed by atoms with Crippen LogP contribution in [-0.4, -0.2) is 43.6 Å². The minimum Gasteiger partial charge on any atom is -0.379 e. The van der Waals surface area contributed by atoms with Crippen molar-refractivity contribution in [2.75, 3.05) is 26.3 Å². The number of thiazole rings is 1. The number of para-hydroxylation sites is 1. The fourth-order valence-corrected chi connectivity index (χ4v) is 6.32. The number of aromatic nitrogens is 1. The second-order valence-corrected chi connectivity index (χ2v) is 10.9. The second-order valence-electron chi connectivity index (χ2n) is 8.11. The number of rotatable bonds is 6. The van der Waals surface area contributed by atoms with Crippen LogP contribution < -0.4 is 4.80 Å². The molecule has 0 bridgehead atoms. The summed E-state index contributed by atoms with van der Waals surface area (Å²) < 4.78 is 48.8. The van der Waals surface area contributed by atoms with Crippen LogP contribution in [-0.2, 0) is 21.3 Å². The normalized spacial score (nSPS) is 15.4. The topological polar surface area (TPSA) is 63.9 Å². The summed E-state index contributed by atoms with van der Waals surface area (Å²) in [5, 5.41) is 1.98. The van der Waals surface area contributed by atoms with Gasteiger partial charge < -0.3 is 9.30 Å². The van der Waals surface area contributed by atoms with Crippen LogP contribution in [0.4, 0.5) is 10.1 Å². The van der Waals surface area contributed by atoms with Crippen LogP contribution in [0.2, 0.25) is 0 Å². The maximum Gasteiger partial charge on any atom is 0.243 e. The molecule has 0 saturated carbocycles. The van der Waals surface area contributed by atoms with Gasteiger partial charge in [0.05, 0.1) is 36.0 Å². The molecule has 1 aliphatic heterocycles. The summed E-state index contributed by atoms with van der Waals surface area (Å²) in [5.74, 6) is -0.292. The van der Waals surface area contributed by atoms with E-state index in [-0.39, 0.29) is 10.7 Å². The van der Waals surface area contributed by atoms with E-state index in [1.165, 1.54) is 27.8 Å². The predicted molar refractivity (Wildman–Crippen MR) is 134 cm³/mol. The Balaban J connectivity index is 1.59. The monoisotopic (exact) mass is 509 g/mol. The van der Waals surface area contributed by atoms with Crippen LogP contribution >= 0.6 is 11.3 Å². The summed E-state index contributed by atoms with van der Waals surface area (Å²) in [7, 11) is -3.63. The summed E-state index contributed by atoms with van der Waals surface area (Å²) in [4.78, 5) is 5.82. The first-order valence-electron chi connectivity index (χ1n) is 11.2. The maximum atomic E-state index is 13.5. The zero-order chi connectivity index (χ0) is 24.3. The average molecular weight is 510 g/mol. The molecule has 0 unspecified atom stereocenters. The molecular formula is C26H24FN3O3S2. The molecule has 0 radical (unpaired) electrons. The van der Waals surface area contributed by atoms with Gasteiger partial charge in [-0.15, -0.1) is 11.3 Å². The van der Waals surface area contributed by atoms with E-state index in [2.05, 4.69) is 0 Å². The van der Waals surface area contributed by atoms with E-state index in [0.29, 0.717) is 32.8 Å². The van der Waals surface area contributed by atoms with Crippen molar-refractivity contribution in [2.45, 2.75) is 11.4 Å². The Bertz CT molecular complexity index is 1470. The van der Waals surface area contributed by atoms with E-state index in [1.807, 2.05) is 46.3 Å². The Morgan fingerprint density at radius 2 is 1.69 bits per heavy atom. The molecule has 35 heavy (non-hydrogen) atoms. The van der Waals surface area contributed by atoms with E-state index in [9.17, 15) is 12.8 Å². The lowest BCUT2D eigenvalue weighted by Gasteiger charge is -2.26. The third kappa shape index (κ3) is 5.28. The SMILES string of the molecule is O=S(=O)(c1cccc(-c2csc(=Nc3ccccc3)n2Cc2ccc(F)cc2)c1)N1CCOCC1. The van der Waals surface area contributed by atoms with Gasteiger partial charge in [-0.25, -0.2) is 17.8 Å². The zero-order valence-corrected chi connectivity index (χ0v) is 20.5. The molecule has 1 aromatic heterocycles. The zero-order valence-electron chi connectivity index (χ0n) is 18.9. The smallest absolute Gasteiger partial charge is 0.243 e. The Kier molecular flexibility index (Phi) is 6.92. The van der Waals surface area contributed by atoms with E-state index in [4.69, 9.17) is 9.73 Å².